The molecule has 5 atom stereocenters. The molecule has 5 aliphatic rings. The summed E-state index contributed by atoms with van der Waals surface area (Å²) in [6.07, 6.45) is 1.46. The maximum absolute atomic E-state index is 14.6. The lowest BCUT2D eigenvalue weighted by atomic mass is 9.86. The van der Waals surface area contributed by atoms with Gasteiger partial charge in [-0.1, -0.05) is 37.1 Å². The molecular formula is C37H44F3N5O8S. The summed E-state index contributed by atoms with van der Waals surface area (Å²) >= 11 is 0. The molecule has 1 saturated carbocycles. The van der Waals surface area contributed by atoms with E-state index < -0.39 is 80.8 Å². The summed E-state index contributed by atoms with van der Waals surface area (Å²) in [5.41, 5.74) is -3.00. The number of allylic oxidation sites excluding steroid dienone is 1. The zero-order valence-electron chi connectivity index (χ0n) is 30.3. The van der Waals surface area contributed by atoms with Crippen LogP contribution >= 0.6 is 0 Å². The van der Waals surface area contributed by atoms with Crippen molar-refractivity contribution >= 4 is 44.7 Å². The summed E-state index contributed by atoms with van der Waals surface area (Å²) in [7, 11) is -3.80. The molecule has 2 N–H and O–H groups in total. The van der Waals surface area contributed by atoms with Gasteiger partial charge in [0.25, 0.3) is 5.91 Å². The third kappa shape index (κ3) is 6.87. The Bertz CT molecular complexity index is 2040. The maximum Gasteiger partial charge on any atom is 0.418 e. The fourth-order valence-corrected chi connectivity index (χ4v) is 9.39. The van der Waals surface area contributed by atoms with Crippen LogP contribution in [0, 0.1) is 12.8 Å². The molecule has 4 amide bonds. The van der Waals surface area contributed by atoms with Crippen molar-refractivity contribution in [1.29, 1.82) is 0 Å². The summed E-state index contributed by atoms with van der Waals surface area (Å²) < 4.78 is 79.7. The van der Waals surface area contributed by atoms with Gasteiger partial charge in [-0.15, -0.1) is 0 Å². The van der Waals surface area contributed by atoms with Gasteiger partial charge in [-0.3, -0.25) is 14.4 Å². The number of para-hydroxylation sites is 1. The van der Waals surface area contributed by atoms with Gasteiger partial charge in [0.15, 0.2) is 0 Å². The molecule has 17 heteroatoms. The molecule has 5 heterocycles. The lowest BCUT2D eigenvalue weighted by Crippen LogP contribution is -2.62. The van der Waals surface area contributed by atoms with Gasteiger partial charge in [-0.2, -0.15) is 13.2 Å². The van der Waals surface area contributed by atoms with Gasteiger partial charge in [0.05, 0.1) is 41.7 Å². The van der Waals surface area contributed by atoms with Crippen LogP contribution in [-0.2, 0) is 41.7 Å². The summed E-state index contributed by atoms with van der Waals surface area (Å²) in [5.74, 6) is -2.33. The van der Waals surface area contributed by atoms with Crippen molar-refractivity contribution in [1.82, 2.24) is 24.8 Å². The number of carbonyl (C=O) groups excluding carboxylic acids is 4. The van der Waals surface area contributed by atoms with Crippen molar-refractivity contribution in [2.24, 2.45) is 5.92 Å². The Balaban J connectivity index is 1.25. The Hall–Kier alpha value is -4.41. The molecule has 292 valence electrons. The second-order valence-corrected chi connectivity index (χ2v) is 17.4. The molecule has 2 saturated heterocycles. The first-order valence-corrected chi connectivity index (χ1v) is 20.1. The molecule has 54 heavy (non-hydrogen) atoms. The predicted molar refractivity (Wildman–Crippen MR) is 189 cm³/mol. The number of pyridine rings is 1. The van der Waals surface area contributed by atoms with Gasteiger partial charge in [0.2, 0.25) is 21.8 Å². The smallest absolute Gasteiger partial charge is 0.418 e. The van der Waals surface area contributed by atoms with E-state index in [0.29, 0.717) is 23.8 Å². The summed E-state index contributed by atoms with van der Waals surface area (Å²) in [4.78, 5) is 61.4. The third-order valence-electron chi connectivity index (χ3n) is 11.2. The number of aryl methyl sites for hydroxylation is 2. The van der Waals surface area contributed by atoms with Gasteiger partial charge in [0.1, 0.15) is 29.0 Å². The molecule has 2 aromatic rings. The van der Waals surface area contributed by atoms with Crippen LogP contribution in [0.5, 0.6) is 5.75 Å². The number of sulfonamides is 1. The number of nitrogens with zero attached hydrogens (tertiary/aromatic N) is 3. The number of benzene rings is 1. The number of halogens is 3. The summed E-state index contributed by atoms with van der Waals surface area (Å²) in [5, 5.41) is 5.85. The highest BCUT2D eigenvalue weighted by molar-refractivity contribution is 7.90. The highest BCUT2D eigenvalue weighted by Gasteiger charge is 2.65. The Morgan fingerprint density at radius 3 is 2.61 bits per heavy atom. The number of nitrogens with one attached hydrogen (secondary N) is 2. The predicted octanol–water partition coefficient (Wildman–Crippen LogP) is 4.30. The van der Waals surface area contributed by atoms with Crippen LogP contribution in [0.2, 0.25) is 0 Å². The van der Waals surface area contributed by atoms with Crippen molar-refractivity contribution in [3.63, 3.8) is 0 Å². The normalized spacial score (nSPS) is 30.2. The Kier molecular flexibility index (Phi) is 9.62. The zero-order valence-corrected chi connectivity index (χ0v) is 31.1. The van der Waals surface area contributed by atoms with E-state index in [2.05, 4.69) is 15.6 Å². The van der Waals surface area contributed by atoms with E-state index in [9.17, 15) is 40.8 Å². The molecule has 1 aromatic heterocycles. The molecule has 0 radical (unpaired) electrons. The first-order chi connectivity index (χ1) is 25.4. The van der Waals surface area contributed by atoms with Crippen LogP contribution in [0.25, 0.3) is 10.9 Å². The lowest BCUT2D eigenvalue weighted by Gasteiger charge is -2.37. The highest BCUT2D eigenvalue weighted by Crippen LogP contribution is 2.49. The number of alkyl halides is 3. The van der Waals surface area contributed by atoms with Crippen LogP contribution in [0.15, 0.2) is 30.4 Å². The van der Waals surface area contributed by atoms with E-state index in [1.807, 2.05) is 12.2 Å². The number of aromatic nitrogens is 1. The van der Waals surface area contributed by atoms with Gasteiger partial charge >= 0.3 is 12.3 Å². The number of amides is 4. The number of hydrogen-bond acceptors (Lipinski definition) is 9. The number of hydrogen-bond donors (Lipinski definition) is 2. The minimum Gasteiger partial charge on any atom is -0.483 e. The van der Waals surface area contributed by atoms with Gasteiger partial charge in [-0.05, 0) is 65.4 Å². The van der Waals surface area contributed by atoms with Crippen molar-refractivity contribution in [3.8, 4) is 5.75 Å². The fraction of sp³-hybridized carbons (Fsp3) is 0.595. The van der Waals surface area contributed by atoms with E-state index in [0.717, 1.165) is 23.2 Å². The molecule has 13 nitrogen and oxygen atoms in total. The van der Waals surface area contributed by atoms with E-state index in [1.54, 1.807) is 26.8 Å². The quantitative estimate of drug-likeness (QED) is 0.433. The van der Waals surface area contributed by atoms with E-state index >= 15 is 0 Å². The van der Waals surface area contributed by atoms with Crippen LogP contribution in [-0.4, -0.2) is 94.6 Å². The lowest BCUT2D eigenvalue weighted by molar-refractivity contribution is -0.142. The molecule has 1 aromatic carbocycles. The number of rotatable bonds is 3. The number of alkyl carbamates (subject to hydrolysis) is 1. The molecule has 4 aliphatic heterocycles. The first-order valence-electron chi connectivity index (χ1n) is 18.4. The number of fused-ring (bicyclic) bond motifs is 5. The fourth-order valence-electron chi connectivity index (χ4n) is 8.31. The molecule has 1 aliphatic carbocycles. The average Bonchev–Trinajstić information content (AvgIpc) is 3.66. The maximum atomic E-state index is 14.6. The molecule has 0 unspecified atom stereocenters. The molecule has 3 fully saturated rings. The third-order valence-corrected chi connectivity index (χ3v) is 12.9. The van der Waals surface area contributed by atoms with E-state index in [4.69, 9.17) is 9.47 Å². The van der Waals surface area contributed by atoms with Gasteiger partial charge in [0, 0.05) is 23.3 Å². The Morgan fingerprint density at radius 1 is 1.15 bits per heavy atom. The zero-order chi connectivity index (χ0) is 38.8. The monoisotopic (exact) mass is 775 g/mol. The number of ether oxygens (including phenoxy) is 2. The van der Waals surface area contributed by atoms with Crippen molar-refractivity contribution in [3.05, 3.63) is 47.2 Å². The second kappa shape index (κ2) is 13.7. The van der Waals surface area contributed by atoms with Gasteiger partial charge < -0.3 is 25.0 Å². The largest absolute Gasteiger partial charge is 0.483 e. The van der Waals surface area contributed by atoms with Crippen LogP contribution in [0.1, 0.15) is 82.0 Å². The van der Waals surface area contributed by atoms with Crippen LogP contribution < -0.4 is 15.4 Å². The van der Waals surface area contributed by atoms with E-state index in [-0.39, 0.29) is 67.9 Å². The summed E-state index contributed by atoms with van der Waals surface area (Å²) in [6.45, 7) is 4.80. The van der Waals surface area contributed by atoms with Crippen molar-refractivity contribution in [2.45, 2.75) is 114 Å². The Labute approximate surface area is 311 Å². The Morgan fingerprint density at radius 2 is 1.93 bits per heavy atom. The standard InChI is InChI=1S/C37H44F3N5O8S/c1-21(2)52-34(49)42-27-13-8-6-4-5-7-10-23-18-36(23,33(48)45-16-17-54(45,50)51)43-31(46)28-19-35(20-44(28)32(27)47)15-14-25-24-11-9-12-26(37(38,39)40)29(24)41-22(3)30(25)53-35/h7,9-12,21,23,27-28H,4-6,8,13-20H2,1-3H3,(H,42,49)(H,43,46)/b10-7-/t23-,27+,28+,35-,36-/m1/s1. The minimum absolute atomic E-state index is 0.00593. The van der Waals surface area contributed by atoms with Crippen molar-refractivity contribution < 1.29 is 50.2 Å². The van der Waals surface area contributed by atoms with Crippen LogP contribution in [0.3, 0.4) is 0 Å². The number of carbonyl (C=O) groups is 4. The van der Waals surface area contributed by atoms with E-state index in [1.165, 1.54) is 11.0 Å². The molecule has 0 bridgehead atoms. The van der Waals surface area contributed by atoms with Gasteiger partial charge in [-0.25, -0.2) is 22.5 Å². The summed E-state index contributed by atoms with van der Waals surface area (Å²) in [6, 6.07) is 1.59. The molecule has 7 rings (SSSR count). The minimum atomic E-state index is -4.63. The highest BCUT2D eigenvalue weighted by atomic mass is 32.2. The topological polar surface area (TPSA) is 164 Å². The first kappa shape index (κ1) is 37.9. The SMILES string of the molecule is Cc1nc2c(C(F)(F)F)cccc2c2c1O[C@]1(CC2)C[C@H]2C(=O)N[C@]3(C(=O)N4CCS4(=O)=O)C[C@H]3/C=C\CCCCC[C@H](NC(=O)OC(C)C)C(=O)N2C1. The average molecular weight is 776 g/mol. The molecular weight excluding hydrogens is 731 g/mol. The van der Waals surface area contributed by atoms with Crippen molar-refractivity contribution in [2.75, 3.05) is 18.8 Å². The van der Waals surface area contributed by atoms with Crippen LogP contribution in [0.4, 0.5) is 18.0 Å². The molecule has 1 spiro atoms. The second-order valence-electron chi connectivity index (χ2n) is 15.4.